The van der Waals surface area contributed by atoms with Crippen molar-refractivity contribution in [1.82, 2.24) is 19.8 Å². The number of aliphatic carboxylic acids is 1. The van der Waals surface area contributed by atoms with Gasteiger partial charge in [-0.05, 0) is 36.2 Å². The minimum atomic E-state index is -0.976. The van der Waals surface area contributed by atoms with Gasteiger partial charge in [-0.15, -0.1) is 11.3 Å². The largest absolute Gasteiger partial charge is 0.481 e. The molecule has 0 aliphatic carbocycles. The maximum atomic E-state index is 13.2. The molecule has 3 amide bonds. The molecule has 1 aliphatic rings. The lowest BCUT2D eigenvalue weighted by Crippen LogP contribution is -2.49. The van der Waals surface area contributed by atoms with Crippen molar-refractivity contribution in [2.75, 3.05) is 50.0 Å². The van der Waals surface area contributed by atoms with E-state index < -0.39 is 12.0 Å². The average Bonchev–Trinajstić information content (AvgIpc) is 3.35. The van der Waals surface area contributed by atoms with Gasteiger partial charge in [0, 0.05) is 50.2 Å². The van der Waals surface area contributed by atoms with E-state index in [0.717, 1.165) is 26.2 Å². The standard InChI is InChI=1S/C29H30N6O4S/c1-19-18-23-25(30-28(31-26(23)40-19)32-29(39)33(2)13-12-24(36)37)34-14-16-35(17-15-34)27(38)22-10-8-21(9-11-22)20-6-4-3-5-7-20/h3-11,18H,12-17H2,1-2H3,(H,36,37)(H,30,31,32,39). The van der Waals surface area contributed by atoms with Crippen molar-refractivity contribution in [3.05, 3.63) is 71.1 Å². The van der Waals surface area contributed by atoms with Gasteiger partial charge in [0.05, 0.1) is 11.8 Å². The number of carbonyl (C=O) groups excluding carboxylic acids is 2. The number of urea groups is 1. The summed E-state index contributed by atoms with van der Waals surface area (Å²) in [7, 11) is 1.53. The van der Waals surface area contributed by atoms with Crippen LogP contribution in [0.25, 0.3) is 21.3 Å². The minimum Gasteiger partial charge on any atom is -0.481 e. The Balaban J connectivity index is 1.27. The zero-order valence-corrected chi connectivity index (χ0v) is 23.1. The van der Waals surface area contributed by atoms with E-state index in [4.69, 9.17) is 5.11 Å². The van der Waals surface area contributed by atoms with Gasteiger partial charge >= 0.3 is 12.0 Å². The maximum Gasteiger partial charge on any atom is 0.323 e. The Bertz CT molecular complexity index is 1530. The molecule has 3 heterocycles. The van der Waals surface area contributed by atoms with E-state index >= 15 is 0 Å². The summed E-state index contributed by atoms with van der Waals surface area (Å²) in [4.78, 5) is 53.0. The summed E-state index contributed by atoms with van der Waals surface area (Å²) in [5.41, 5.74) is 2.83. The molecule has 40 heavy (non-hydrogen) atoms. The van der Waals surface area contributed by atoms with Crippen molar-refractivity contribution in [3.8, 4) is 11.1 Å². The third-order valence-electron chi connectivity index (χ3n) is 6.83. The monoisotopic (exact) mass is 558 g/mol. The van der Waals surface area contributed by atoms with Crippen LogP contribution in [0.3, 0.4) is 0 Å². The van der Waals surface area contributed by atoms with E-state index in [1.807, 2.05) is 72.5 Å². The normalized spacial score (nSPS) is 13.3. The van der Waals surface area contributed by atoms with E-state index in [9.17, 15) is 14.4 Å². The molecule has 2 N–H and O–H groups in total. The second kappa shape index (κ2) is 11.7. The lowest BCUT2D eigenvalue weighted by Gasteiger charge is -2.35. The Hall–Kier alpha value is -4.51. The average molecular weight is 559 g/mol. The third-order valence-corrected chi connectivity index (χ3v) is 7.77. The molecule has 5 rings (SSSR count). The van der Waals surface area contributed by atoms with Gasteiger partial charge in [-0.2, -0.15) is 4.98 Å². The van der Waals surface area contributed by atoms with E-state index in [-0.39, 0.29) is 24.8 Å². The van der Waals surface area contributed by atoms with Crippen molar-refractivity contribution in [1.29, 1.82) is 0 Å². The number of carbonyl (C=O) groups is 3. The van der Waals surface area contributed by atoms with Crippen LogP contribution in [0.5, 0.6) is 0 Å². The molecule has 0 radical (unpaired) electrons. The Morgan fingerprint density at radius 3 is 2.33 bits per heavy atom. The second-order valence-corrected chi connectivity index (χ2v) is 10.9. The van der Waals surface area contributed by atoms with E-state index in [1.165, 1.54) is 23.3 Å². The van der Waals surface area contributed by atoms with Gasteiger partial charge in [0.15, 0.2) is 0 Å². The maximum absolute atomic E-state index is 13.2. The molecule has 1 saturated heterocycles. The first-order valence-corrected chi connectivity index (χ1v) is 13.8. The number of piperazine rings is 1. The zero-order valence-electron chi connectivity index (χ0n) is 22.3. The number of nitrogens with one attached hydrogen (secondary N) is 1. The fourth-order valence-corrected chi connectivity index (χ4v) is 5.49. The van der Waals surface area contributed by atoms with Crippen LogP contribution < -0.4 is 10.2 Å². The Morgan fingerprint density at radius 2 is 1.65 bits per heavy atom. The highest BCUT2D eigenvalue weighted by Gasteiger charge is 2.25. The van der Waals surface area contributed by atoms with Crippen LogP contribution in [0.1, 0.15) is 21.7 Å². The van der Waals surface area contributed by atoms with E-state index in [1.54, 1.807) is 0 Å². The number of hydrogen-bond acceptors (Lipinski definition) is 7. The molecule has 0 bridgehead atoms. The highest BCUT2D eigenvalue weighted by atomic mass is 32.1. The van der Waals surface area contributed by atoms with Gasteiger partial charge in [0.2, 0.25) is 5.95 Å². The quantitative estimate of drug-likeness (QED) is 0.341. The van der Waals surface area contributed by atoms with Crippen LogP contribution >= 0.6 is 11.3 Å². The molecule has 11 heteroatoms. The number of aryl methyl sites for hydroxylation is 1. The summed E-state index contributed by atoms with van der Waals surface area (Å²) in [6.07, 6.45) is -0.153. The molecule has 0 unspecified atom stereocenters. The molecule has 4 aromatic rings. The number of aromatic nitrogens is 2. The topological polar surface area (TPSA) is 119 Å². The third kappa shape index (κ3) is 6.04. The Labute approximate surface area is 235 Å². The summed E-state index contributed by atoms with van der Waals surface area (Å²) in [5, 5.41) is 12.5. The number of thiophene rings is 1. The van der Waals surface area contributed by atoms with Crippen LogP contribution in [0, 0.1) is 6.92 Å². The number of amides is 3. The number of nitrogens with zero attached hydrogens (tertiary/aromatic N) is 5. The first-order valence-electron chi connectivity index (χ1n) is 13.0. The molecule has 2 aromatic carbocycles. The predicted molar refractivity (Wildman–Crippen MR) is 156 cm³/mol. The van der Waals surface area contributed by atoms with Gasteiger partial charge in [-0.25, -0.2) is 9.78 Å². The molecule has 0 atom stereocenters. The number of anilines is 2. The predicted octanol–water partition coefficient (Wildman–Crippen LogP) is 4.57. The van der Waals surface area contributed by atoms with Crippen molar-refractivity contribution >= 4 is 51.2 Å². The van der Waals surface area contributed by atoms with Gasteiger partial charge in [0.25, 0.3) is 5.91 Å². The van der Waals surface area contributed by atoms with Crippen LogP contribution in [0.2, 0.25) is 0 Å². The van der Waals surface area contributed by atoms with Gasteiger partial charge in [-0.3, -0.25) is 14.9 Å². The lowest BCUT2D eigenvalue weighted by molar-refractivity contribution is -0.137. The fourth-order valence-electron chi connectivity index (χ4n) is 4.62. The number of benzene rings is 2. The molecule has 206 valence electrons. The molecular formula is C29H30N6O4S. The first kappa shape index (κ1) is 27.1. The van der Waals surface area contributed by atoms with Gasteiger partial charge in [0.1, 0.15) is 10.6 Å². The van der Waals surface area contributed by atoms with Crippen LogP contribution in [-0.2, 0) is 4.79 Å². The zero-order chi connectivity index (χ0) is 28.2. The van der Waals surface area contributed by atoms with Crippen LogP contribution in [0.15, 0.2) is 60.7 Å². The summed E-state index contributed by atoms with van der Waals surface area (Å²) < 4.78 is 0. The molecular weight excluding hydrogens is 528 g/mol. The molecule has 1 aliphatic heterocycles. The lowest BCUT2D eigenvalue weighted by atomic mass is 10.0. The van der Waals surface area contributed by atoms with Gasteiger partial charge < -0.3 is 19.8 Å². The molecule has 2 aromatic heterocycles. The highest BCUT2D eigenvalue weighted by Crippen LogP contribution is 2.32. The van der Waals surface area contributed by atoms with Crippen LogP contribution in [0.4, 0.5) is 16.6 Å². The smallest absolute Gasteiger partial charge is 0.323 e. The molecule has 0 saturated carbocycles. The number of fused-ring (bicyclic) bond motifs is 1. The Kier molecular flexibility index (Phi) is 7.92. The molecule has 0 spiro atoms. The summed E-state index contributed by atoms with van der Waals surface area (Å²) in [6.45, 7) is 4.30. The van der Waals surface area contributed by atoms with Crippen LogP contribution in [-0.4, -0.2) is 82.6 Å². The van der Waals surface area contributed by atoms with Crippen molar-refractivity contribution < 1.29 is 19.5 Å². The van der Waals surface area contributed by atoms with Crippen molar-refractivity contribution in [2.24, 2.45) is 0 Å². The number of carboxylic acid groups (broad SMARTS) is 1. The SMILES string of the molecule is Cc1cc2c(N3CCN(C(=O)c4ccc(-c5ccccc5)cc4)CC3)nc(NC(=O)N(C)CCC(=O)O)nc2s1. The number of hydrogen-bond donors (Lipinski definition) is 2. The van der Waals surface area contributed by atoms with Crippen molar-refractivity contribution in [3.63, 3.8) is 0 Å². The highest BCUT2D eigenvalue weighted by molar-refractivity contribution is 7.18. The van der Waals surface area contributed by atoms with E-state index in [2.05, 4.69) is 20.2 Å². The summed E-state index contributed by atoms with van der Waals surface area (Å²) in [5.74, 6) is -0.114. The number of rotatable bonds is 7. The first-order chi connectivity index (χ1) is 19.3. The second-order valence-electron chi connectivity index (χ2n) is 9.66. The molecule has 10 nitrogen and oxygen atoms in total. The van der Waals surface area contributed by atoms with Gasteiger partial charge in [-0.1, -0.05) is 42.5 Å². The Morgan fingerprint density at radius 1 is 0.975 bits per heavy atom. The summed E-state index contributed by atoms with van der Waals surface area (Å²) >= 11 is 1.51. The number of carboxylic acids is 1. The van der Waals surface area contributed by atoms with Crippen molar-refractivity contribution in [2.45, 2.75) is 13.3 Å². The molecule has 1 fully saturated rings. The van der Waals surface area contributed by atoms with E-state index in [0.29, 0.717) is 37.6 Å². The minimum absolute atomic E-state index is 0.00387. The summed E-state index contributed by atoms with van der Waals surface area (Å²) in [6, 6.07) is 19.3. The fraction of sp³-hybridized carbons (Fsp3) is 0.276.